The van der Waals surface area contributed by atoms with Crippen molar-refractivity contribution >= 4 is 0 Å². The average Bonchev–Trinajstić information content (AvgIpc) is 2.34. The molecule has 1 rings (SSSR count). The Morgan fingerprint density at radius 3 is 2.36 bits per heavy atom. The summed E-state index contributed by atoms with van der Waals surface area (Å²) in [5.74, 6) is 3.02. The second-order valence-electron chi connectivity index (χ2n) is 4.14. The number of hydrogen-bond acceptors (Lipinski definition) is 1. The number of rotatable bonds is 3. The number of aliphatic hydroxyl groups excluding tert-OH is 1. The van der Waals surface area contributed by atoms with Gasteiger partial charge in [0.05, 0.1) is 0 Å². The Kier molecular flexibility index (Phi) is 3.38. The van der Waals surface area contributed by atoms with E-state index in [-0.39, 0.29) is 0 Å². The van der Waals surface area contributed by atoms with E-state index in [0.29, 0.717) is 12.5 Å². The van der Waals surface area contributed by atoms with E-state index in [1.807, 2.05) is 0 Å². The molecule has 0 aromatic rings. The van der Waals surface area contributed by atoms with Crippen LogP contribution >= 0.6 is 0 Å². The van der Waals surface area contributed by atoms with Crippen LogP contribution in [-0.2, 0) is 0 Å². The van der Waals surface area contributed by atoms with Gasteiger partial charge in [0, 0.05) is 6.61 Å². The zero-order valence-electron chi connectivity index (χ0n) is 7.64. The second kappa shape index (κ2) is 4.10. The highest BCUT2D eigenvalue weighted by Crippen LogP contribution is 2.34. The van der Waals surface area contributed by atoms with Crippen LogP contribution in [0.4, 0.5) is 0 Å². The van der Waals surface area contributed by atoms with Crippen molar-refractivity contribution in [2.75, 3.05) is 6.61 Å². The molecule has 0 heterocycles. The van der Waals surface area contributed by atoms with Crippen LogP contribution in [0.5, 0.6) is 0 Å². The second-order valence-corrected chi connectivity index (χ2v) is 4.14. The van der Waals surface area contributed by atoms with Crippen LogP contribution in [0.2, 0.25) is 0 Å². The summed E-state index contributed by atoms with van der Waals surface area (Å²) in [6.07, 6.45) is 5.10. The molecule has 1 aliphatic carbocycles. The lowest BCUT2D eigenvalue weighted by Gasteiger charge is -2.11. The molecule has 0 bridgehead atoms. The minimum absolute atomic E-state index is 0.402. The molecular weight excluding hydrogens is 136 g/mol. The first-order valence-electron chi connectivity index (χ1n) is 4.62. The summed E-state index contributed by atoms with van der Waals surface area (Å²) in [6, 6.07) is 0. The zero-order chi connectivity index (χ0) is 8.27. The molecule has 1 nitrogen and oxygen atoms in total. The lowest BCUT2D eigenvalue weighted by molar-refractivity contribution is 0.226. The van der Waals surface area contributed by atoms with Crippen molar-refractivity contribution in [1.82, 2.24) is 0 Å². The third kappa shape index (κ3) is 2.82. The van der Waals surface area contributed by atoms with Gasteiger partial charge < -0.3 is 5.11 Å². The van der Waals surface area contributed by atoms with E-state index in [9.17, 15) is 0 Å². The molecule has 1 saturated carbocycles. The molecular formula is C10H19O. The lowest BCUT2D eigenvalue weighted by Crippen LogP contribution is -2.02. The van der Waals surface area contributed by atoms with Gasteiger partial charge in [0.25, 0.3) is 0 Å². The predicted octanol–water partition coefficient (Wildman–Crippen LogP) is 2.40. The van der Waals surface area contributed by atoms with Gasteiger partial charge in [-0.15, -0.1) is 0 Å². The van der Waals surface area contributed by atoms with Crippen LogP contribution in [0.1, 0.15) is 39.5 Å². The number of aliphatic hydroxyl groups is 1. The fraction of sp³-hybridized carbons (Fsp3) is 0.900. The third-order valence-corrected chi connectivity index (χ3v) is 2.60. The molecule has 1 N–H and O–H groups in total. The maximum atomic E-state index is 8.91. The van der Waals surface area contributed by atoms with Gasteiger partial charge in [0.2, 0.25) is 0 Å². The molecule has 1 radical (unpaired) electrons. The Balaban J connectivity index is 2.19. The van der Waals surface area contributed by atoms with Crippen molar-refractivity contribution in [3.63, 3.8) is 0 Å². The summed E-state index contributed by atoms with van der Waals surface area (Å²) in [5.41, 5.74) is 0. The molecule has 2 atom stereocenters. The monoisotopic (exact) mass is 155 g/mol. The van der Waals surface area contributed by atoms with Crippen LogP contribution in [-0.4, -0.2) is 11.7 Å². The number of hydrogen-bond donors (Lipinski definition) is 1. The fourth-order valence-corrected chi connectivity index (χ4v) is 2.11. The van der Waals surface area contributed by atoms with E-state index in [1.54, 1.807) is 0 Å². The predicted molar refractivity (Wildman–Crippen MR) is 47.1 cm³/mol. The van der Waals surface area contributed by atoms with E-state index in [0.717, 1.165) is 5.92 Å². The molecule has 0 aliphatic heterocycles. The van der Waals surface area contributed by atoms with Gasteiger partial charge in [-0.25, -0.2) is 0 Å². The average molecular weight is 155 g/mol. The Labute approximate surface area is 69.8 Å². The molecule has 1 heteroatoms. The quantitative estimate of drug-likeness (QED) is 0.663. The first kappa shape index (κ1) is 9.05. The van der Waals surface area contributed by atoms with E-state index < -0.39 is 0 Å². The molecule has 2 unspecified atom stereocenters. The van der Waals surface area contributed by atoms with Gasteiger partial charge in [-0.05, 0) is 37.0 Å². The van der Waals surface area contributed by atoms with Gasteiger partial charge >= 0.3 is 0 Å². The summed E-state index contributed by atoms with van der Waals surface area (Å²) in [7, 11) is 0. The van der Waals surface area contributed by atoms with Crippen LogP contribution < -0.4 is 0 Å². The molecule has 0 amide bonds. The first-order valence-corrected chi connectivity index (χ1v) is 4.62. The van der Waals surface area contributed by atoms with Crippen LogP contribution in [0.15, 0.2) is 0 Å². The van der Waals surface area contributed by atoms with Crippen molar-refractivity contribution in [3.05, 3.63) is 5.92 Å². The normalized spacial score (nSPS) is 31.6. The maximum Gasteiger partial charge on any atom is 0.0459 e. The minimum atomic E-state index is 0.402. The summed E-state index contributed by atoms with van der Waals surface area (Å²) < 4.78 is 0. The van der Waals surface area contributed by atoms with Crippen molar-refractivity contribution in [3.8, 4) is 0 Å². The molecule has 0 saturated heterocycles. The summed E-state index contributed by atoms with van der Waals surface area (Å²) >= 11 is 0. The molecule has 1 fully saturated rings. The molecule has 11 heavy (non-hydrogen) atoms. The van der Waals surface area contributed by atoms with Crippen molar-refractivity contribution < 1.29 is 5.11 Å². The highest BCUT2D eigenvalue weighted by atomic mass is 16.3. The SMILES string of the molecule is C[C](C)CC1CCC(CO)C1. The topological polar surface area (TPSA) is 20.2 Å². The third-order valence-electron chi connectivity index (χ3n) is 2.60. The van der Waals surface area contributed by atoms with E-state index >= 15 is 0 Å². The van der Waals surface area contributed by atoms with Crippen LogP contribution in [0.3, 0.4) is 0 Å². The van der Waals surface area contributed by atoms with E-state index in [4.69, 9.17) is 5.11 Å². The smallest absolute Gasteiger partial charge is 0.0459 e. The van der Waals surface area contributed by atoms with Crippen molar-refractivity contribution in [1.29, 1.82) is 0 Å². The van der Waals surface area contributed by atoms with Gasteiger partial charge in [0.1, 0.15) is 0 Å². The minimum Gasteiger partial charge on any atom is -0.396 e. The summed E-state index contributed by atoms with van der Waals surface area (Å²) in [6.45, 7) is 4.80. The molecule has 0 aromatic carbocycles. The summed E-state index contributed by atoms with van der Waals surface area (Å²) in [5, 5.41) is 8.91. The Morgan fingerprint density at radius 1 is 1.27 bits per heavy atom. The highest BCUT2D eigenvalue weighted by molar-refractivity contribution is 4.85. The fourth-order valence-electron chi connectivity index (χ4n) is 2.11. The van der Waals surface area contributed by atoms with E-state index in [2.05, 4.69) is 13.8 Å². The van der Waals surface area contributed by atoms with Gasteiger partial charge in [0.15, 0.2) is 0 Å². The van der Waals surface area contributed by atoms with Crippen molar-refractivity contribution in [2.45, 2.75) is 39.5 Å². The molecule has 0 spiro atoms. The Hall–Kier alpha value is -0.0400. The van der Waals surface area contributed by atoms with Gasteiger partial charge in [-0.3, -0.25) is 0 Å². The zero-order valence-corrected chi connectivity index (χ0v) is 7.64. The molecule has 0 aromatic heterocycles. The van der Waals surface area contributed by atoms with Crippen LogP contribution in [0.25, 0.3) is 0 Å². The Bertz CT molecular complexity index is 109. The molecule has 65 valence electrons. The van der Waals surface area contributed by atoms with E-state index in [1.165, 1.54) is 31.6 Å². The molecule has 1 aliphatic rings. The van der Waals surface area contributed by atoms with Gasteiger partial charge in [-0.2, -0.15) is 0 Å². The Morgan fingerprint density at radius 2 is 1.91 bits per heavy atom. The van der Waals surface area contributed by atoms with Gasteiger partial charge in [-0.1, -0.05) is 20.3 Å². The highest BCUT2D eigenvalue weighted by Gasteiger charge is 2.24. The van der Waals surface area contributed by atoms with Crippen molar-refractivity contribution in [2.24, 2.45) is 11.8 Å². The first-order chi connectivity index (χ1) is 5.22. The maximum absolute atomic E-state index is 8.91. The van der Waals surface area contributed by atoms with Crippen LogP contribution in [0, 0.1) is 17.8 Å². The lowest BCUT2D eigenvalue weighted by atomic mass is 9.95. The standard InChI is InChI=1S/C10H19O/c1-8(2)5-9-3-4-10(6-9)7-11/h9-11H,3-7H2,1-2H3. The summed E-state index contributed by atoms with van der Waals surface area (Å²) in [4.78, 5) is 0. The largest absolute Gasteiger partial charge is 0.396 e.